The van der Waals surface area contributed by atoms with Crippen molar-refractivity contribution in [1.29, 1.82) is 0 Å². The van der Waals surface area contributed by atoms with Gasteiger partial charge in [-0.25, -0.2) is 0 Å². The molecule has 66 heavy (non-hydrogen) atoms. The number of carbonyl (C=O) groups excluding carboxylic acids is 3. The van der Waals surface area contributed by atoms with E-state index in [9.17, 15) is 19.5 Å². The number of nitrogens with zero attached hydrogens (tertiary/aromatic N) is 1. The number of allylic oxidation sites excluding steroid dienone is 18. The van der Waals surface area contributed by atoms with Gasteiger partial charge in [-0.2, -0.15) is 0 Å². The second-order valence-corrected chi connectivity index (χ2v) is 18.0. The molecular formula is C58H95NO7. The van der Waals surface area contributed by atoms with Gasteiger partial charge >= 0.3 is 11.9 Å². The summed E-state index contributed by atoms with van der Waals surface area (Å²) in [6, 6.07) is -0.745. The molecule has 0 saturated heterocycles. The molecule has 0 aromatic rings. The summed E-state index contributed by atoms with van der Waals surface area (Å²) in [6.45, 7) is 4.53. The number of quaternary nitrogens is 1. The van der Waals surface area contributed by atoms with Crippen LogP contribution < -0.4 is 5.11 Å². The van der Waals surface area contributed by atoms with E-state index in [1.807, 2.05) is 0 Å². The summed E-state index contributed by atoms with van der Waals surface area (Å²) in [5.41, 5.74) is 0. The Morgan fingerprint density at radius 1 is 0.455 bits per heavy atom. The highest BCUT2D eigenvalue weighted by atomic mass is 16.6. The molecule has 374 valence electrons. The van der Waals surface area contributed by atoms with E-state index in [0.717, 1.165) is 96.3 Å². The first kappa shape index (κ1) is 62.0. The minimum Gasteiger partial charge on any atom is -0.544 e. The van der Waals surface area contributed by atoms with Gasteiger partial charge in [0, 0.05) is 19.3 Å². The molecule has 0 radical (unpaired) electrons. The van der Waals surface area contributed by atoms with Crippen LogP contribution in [0.25, 0.3) is 0 Å². The highest BCUT2D eigenvalue weighted by molar-refractivity contribution is 5.70. The first-order chi connectivity index (χ1) is 32.1. The Bertz CT molecular complexity index is 1440. The zero-order chi connectivity index (χ0) is 48.4. The predicted molar refractivity (Wildman–Crippen MR) is 277 cm³/mol. The fourth-order valence-electron chi connectivity index (χ4n) is 6.84. The molecule has 0 aliphatic rings. The number of carboxylic acid groups (broad SMARTS) is 1. The lowest BCUT2D eigenvalue weighted by molar-refractivity contribution is -0.889. The SMILES string of the molecule is CCCCC/C=C/C/C=C/C/C=C/C/C=C/C/C=C/CCCCC(=O)OC(COCCC(C(=O)[O-])[N+](C)(C)C)COC(=O)CCCCCCC/C=C/C/C=C/C/C=C/C/C=C/CCCCC. The molecule has 2 atom stereocenters. The van der Waals surface area contributed by atoms with Crippen LogP contribution in [-0.2, 0) is 28.6 Å². The van der Waals surface area contributed by atoms with Gasteiger partial charge in [-0.3, -0.25) is 9.59 Å². The third-order valence-electron chi connectivity index (χ3n) is 10.9. The van der Waals surface area contributed by atoms with E-state index in [1.54, 1.807) is 21.1 Å². The second-order valence-electron chi connectivity index (χ2n) is 18.0. The van der Waals surface area contributed by atoms with E-state index in [0.29, 0.717) is 12.8 Å². The minimum atomic E-state index is -1.14. The van der Waals surface area contributed by atoms with E-state index in [1.165, 1.54) is 51.4 Å². The number of rotatable bonds is 45. The Balaban J connectivity index is 4.41. The maximum absolute atomic E-state index is 12.8. The van der Waals surface area contributed by atoms with Gasteiger partial charge in [-0.05, 0) is 109 Å². The summed E-state index contributed by atoms with van der Waals surface area (Å²) >= 11 is 0. The molecule has 0 amide bonds. The molecule has 0 aromatic carbocycles. The van der Waals surface area contributed by atoms with Crippen LogP contribution in [0, 0.1) is 0 Å². The van der Waals surface area contributed by atoms with E-state index < -0.39 is 18.1 Å². The zero-order valence-corrected chi connectivity index (χ0v) is 42.6. The molecule has 0 N–H and O–H groups in total. The number of aliphatic carboxylic acids is 1. The molecule has 2 unspecified atom stereocenters. The molecule has 0 heterocycles. The van der Waals surface area contributed by atoms with Crippen molar-refractivity contribution < 1.29 is 38.2 Å². The predicted octanol–water partition coefficient (Wildman–Crippen LogP) is 13.9. The average Bonchev–Trinajstić information content (AvgIpc) is 3.28. The topological polar surface area (TPSA) is 102 Å². The van der Waals surface area contributed by atoms with Crippen molar-refractivity contribution in [2.45, 2.75) is 199 Å². The Kier molecular flexibility index (Phi) is 44.6. The minimum absolute atomic E-state index is 0.00951. The van der Waals surface area contributed by atoms with Gasteiger partial charge in [0.25, 0.3) is 0 Å². The lowest BCUT2D eigenvalue weighted by Gasteiger charge is -2.34. The summed E-state index contributed by atoms with van der Waals surface area (Å²) in [5, 5.41) is 11.7. The van der Waals surface area contributed by atoms with Gasteiger partial charge in [-0.15, -0.1) is 0 Å². The summed E-state index contributed by atoms with van der Waals surface area (Å²) in [6.07, 6.45) is 65.4. The fourth-order valence-corrected chi connectivity index (χ4v) is 6.84. The van der Waals surface area contributed by atoms with Crippen LogP contribution in [-0.4, -0.2) is 75.5 Å². The van der Waals surface area contributed by atoms with Gasteiger partial charge in [0.15, 0.2) is 6.10 Å². The van der Waals surface area contributed by atoms with Crippen molar-refractivity contribution in [2.75, 3.05) is 41.0 Å². The van der Waals surface area contributed by atoms with Gasteiger partial charge in [0.05, 0.1) is 40.3 Å². The van der Waals surface area contributed by atoms with Crippen LogP contribution in [0.3, 0.4) is 0 Å². The lowest BCUT2D eigenvalue weighted by atomic mass is 10.1. The number of likely N-dealkylation sites (N-methyl/N-ethyl adjacent to an activating group) is 1. The molecular weight excluding hydrogens is 823 g/mol. The number of hydrogen-bond acceptors (Lipinski definition) is 7. The maximum atomic E-state index is 12.8. The summed E-state index contributed by atoms with van der Waals surface area (Å²) in [7, 11) is 5.38. The monoisotopic (exact) mass is 918 g/mol. The normalized spacial score (nSPS) is 13.8. The Hall–Kier alpha value is -4.01. The molecule has 0 spiro atoms. The highest BCUT2D eigenvalue weighted by Gasteiger charge is 2.25. The molecule has 8 heteroatoms. The summed E-state index contributed by atoms with van der Waals surface area (Å²) in [4.78, 5) is 37.0. The molecule has 0 rings (SSSR count). The second kappa shape index (κ2) is 47.5. The van der Waals surface area contributed by atoms with Crippen LogP contribution in [0.4, 0.5) is 0 Å². The first-order valence-corrected chi connectivity index (χ1v) is 25.9. The third-order valence-corrected chi connectivity index (χ3v) is 10.9. The quantitative estimate of drug-likeness (QED) is 0.0259. The molecule has 0 aliphatic carbocycles. The largest absolute Gasteiger partial charge is 0.544 e. The van der Waals surface area contributed by atoms with Crippen LogP contribution >= 0.6 is 0 Å². The van der Waals surface area contributed by atoms with Gasteiger partial charge in [0.1, 0.15) is 12.6 Å². The van der Waals surface area contributed by atoms with Crippen molar-refractivity contribution in [3.05, 3.63) is 109 Å². The molecule has 0 aromatic heterocycles. The van der Waals surface area contributed by atoms with Crippen molar-refractivity contribution in [3.63, 3.8) is 0 Å². The smallest absolute Gasteiger partial charge is 0.306 e. The summed E-state index contributed by atoms with van der Waals surface area (Å²) in [5.74, 6) is -1.83. The number of unbranched alkanes of at least 4 members (excludes halogenated alkanes) is 13. The van der Waals surface area contributed by atoms with E-state index in [4.69, 9.17) is 14.2 Å². The average molecular weight is 918 g/mol. The lowest BCUT2D eigenvalue weighted by Crippen LogP contribution is -2.55. The van der Waals surface area contributed by atoms with Crippen LogP contribution in [0.5, 0.6) is 0 Å². The Morgan fingerprint density at radius 2 is 0.803 bits per heavy atom. The van der Waals surface area contributed by atoms with E-state index >= 15 is 0 Å². The van der Waals surface area contributed by atoms with Gasteiger partial charge < -0.3 is 28.6 Å². The standard InChI is InChI=1S/C58H95NO7/c1-6-8-10-12-14-16-18-20-22-24-26-28-30-32-34-36-38-40-42-44-46-48-56(60)65-53-54(52-64-51-50-55(58(62)63)59(3,4)5)66-57(61)49-47-45-43-41-39-37-35-33-31-29-27-25-23-21-19-17-15-13-11-9-7-2/h14-17,20-23,26-29,32-35,39,41,54-55H,6-13,18-19,24-25,30-31,36-38,40,42-53H2,1-5H3/b16-14+,17-15+,22-20+,23-21+,28-26+,29-27+,34-32+,35-33+,41-39+. The van der Waals surface area contributed by atoms with Gasteiger partial charge in [0.2, 0.25) is 0 Å². The molecule has 0 fully saturated rings. The van der Waals surface area contributed by atoms with E-state index in [-0.39, 0.29) is 49.1 Å². The number of carboxylic acids is 1. The van der Waals surface area contributed by atoms with Crippen molar-refractivity contribution in [1.82, 2.24) is 0 Å². The molecule has 0 aliphatic heterocycles. The number of esters is 2. The van der Waals surface area contributed by atoms with Crippen LogP contribution in [0.15, 0.2) is 109 Å². The Labute approximate surface area is 404 Å². The van der Waals surface area contributed by atoms with E-state index in [2.05, 4.69) is 123 Å². The van der Waals surface area contributed by atoms with Gasteiger partial charge in [-0.1, -0.05) is 168 Å². The number of carbonyl (C=O) groups is 3. The number of hydrogen-bond donors (Lipinski definition) is 0. The first-order valence-electron chi connectivity index (χ1n) is 25.9. The van der Waals surface area contributed by atoms with Crippen LogP contribution in [0.1, 0.15) is 187 Å². The fraction of sp³-hybridized carbons (Fsp3) is 0.638. The Morgan fingerprint density at radius 3 is 1.21 bits per heavy atom. The molecule has 0 bridgehead atoms. The van der Waals surface area contributed by atoms with Crippen molar-refractivity contribution in [2.24, 2.45) is 0 Å². The van der Waals surface area contributed by atoms with Crippen molar-refractivity contribution in [3.8, 4) is 0 Å². The summed E-state index contributed by atoms with van der Waals surface area (Å²) < 4.78 is 17.2. The maximum Gasteiger partial charge on any atom is 0.306 e. The highest BCUT2D eigenvalue weighted by Crippen LogP contribution is 2.12. The van der Waals surface area contributed by atoms with Crippen LogP contribution in [0.2, 0.25) is 0 Å². The molecule has 8 nitrogen and oxygen atoms in total. The van der Waals surface area contributed by atoms with Crippen molar-refractivity contribution >= 4 is 17.9 Å². The number of ether oxygens (including phenoxy) is 3. The molecule has 0 saturated carbocycles. The zero-order valence-electron chi connectivity index (χ0n) is 42.6. The third kappa shape index (κ3) is 45.2.